The fraction of sp³-hybridized carbons (Fsp3) is 0.588. The van der Waals surface area contributed by atoms with Gasteiger partial charge in [-0.3, -0.25) is 9.69 Å². The van der Waals surface area contributed by atoms with Crippen LogP contribution in [-0.2, 0) is 11.3 Å². The molecule has 2 fully saturated rings. The summed E-state index contributed by atoms with van der Waals surface area (Å²) in [6.07, 6.45) is -0.372. The minimum Gasteiger partial charge on any atom is -0.391 e. The normalized spacial score (nSPS) is 23.4. The molecule has 1 aromatic rings. The molecule has 2 saturated heterocycles. The van der Waals surface area contributed by atoms with E-state index in [9.17, 15) is 9.90 Å². The summed E-state index contributed by atoms with van der Waals surface area (Å²) < 4.78 is 5.36. The van der Waals surface area contributed by atoms with E-state index in [-0.39, 0.29) is 42.7 Å². The first-order valence-electron chi connectivity index (χ1n) is 8.28. The minimum absolute atomic E-state index is 0. The lowest BCUT2D eigenvalue weighted by Gasteiger charge is -2.26. The van der Waals surface area contributed by atoms with Crippen LogP contribution in [0.2, 0.25) is 0 Å². The van der Waals surface area contributed by atoms with E-state index in [1.807, 2.05) is 18.2 Å². The molecule has 0 aliphatic carbocycles. The van der Waals surface area contributed by atoms with Gasteiger partial charge >= 0.3 is 0 Å². The second kappa shape index (κ2) is 11.0. The van der Waals surface area contributed by atoms with Gasteiger partial charge in [-0.1, -0.05) is 12.1 Å². The van der Waals surface area contributed by atoms with Gasteiger partial charge < -0.3 is 20.5 Å². The molecule has 2 aliphatic rings. The number of amides is 1. The van der Waals surface area contributed by atoms with Crippen LogP contribution >= 0.6 is 24.8 Å². The Balaban J connectivity index is 0.00000156. The van der Waals surface area contributed by atoms with Crippen LogP contribution in [0, 0.1) is 5.92 Å². The number of halogens is 2. The minimum atomic E-state index is -0.372. The lowest BCUT2D eigenvalue weighted by Crippen LogP contribution is -2.36. The number of hydrogen-bond acceptors (Lipinski definition) is 5. The monoisotopic (exact) mass is 391 g/mol. The zero-order valence-corrected chi connectivity index (χ0v) is 15.8. The van der Waals surface area contributed by atoms with Crippen LogP contribution in [0.15, 0.2) is 24.3 Å². The summed E-state index contributed by atoms with van der Waals surface area (Å²) in [7, 11) is 0. The number of carbonyl (C=O) groups is 1. The van der Waals surface area contributed by atoms with Crippen LogP contribution in [-0.4, -0.2) is 68.0 Å². The SMILES string of the molecule is Cl.Cl.O=C(NCC1CNCC1O)c1cccc(CN2CCOCC2)c1. The second-order valence-corrected chi connectivity index (χ2v) is 6.28. The molecular formula is C17H27Cl2N3O3. The van der Waals surface area contributed by atoms with Crippen molar-refractivity contribution in [1.82, 2.24) is 15.5 Å². The lowest BCUT2D eigenvalue weighted by atomic mass is 10.1. The molecule has 25 heavy (non-hydrogen) atoms. The average molecular weight is 392 g/mol. The third-order valence-electron chi connectivity index (χ3n) is 4.53. The Bertz CT molecular complexity index is 542. The highest BCUT2D eigenvalue weighted by atomic mass is 35.5. The molecule has 2 unspecified atom stereocenters. The molecule has 0 radical (unpaired) electrons. The molecule has 0 bridgehead atoms. The molecule has 1 aromatic carbocycles. The van der Waals surface area contributed by atoms with Crippen molar-refractivity contribution in [3.8, 4) is 0 Å². The van der Waals surface area contributed by atoms with Crippen molar-refractivity contribution in [1.29, 1.82) is 0 Å². The Morgan fingerprint density at radius 3 is 2.72 bits per heavy atom. The van der Waals surface area contributed by atoms with Crippen molar-refractivity contribution in [3.05, 3.63) is 35.4 Å². The second-order valence-electron chi connectivity index (χ2n) is 6.28. The van der Waals surface area contributed by atoms with Crippen molar-refractivity contribution in [3.63, 3.8) is 0 Å². The molecule has 3 N–H and O–H groups in total. The third-order valence-corrected chi connectivity index (χ3v) is 4.53. The van der Waals surface area contributed by atoms with E-state index in [4.69, 9.17) is 4.74 Å². The number of aliphatic hydroxyl groups is 1. The maximum atomic E-state index is 12.3. The van der Waals surface area contributed by atoms with Crippen LogP contribution in [0.1, 0.15) is 15.9 Å². The summed E-state index contributed by atoms with van der Waals surface area (Å²) in [6.45, 7) is 6.12. The maximum Gasteiger partial charge on any atom is 0.251 e. The van der Waals surface area contributed by atoms with Crippen molar-refractivity contribution >= 4 is 30.7 Å². The number of aliphatic hydroxyl groups excluding tert-OH is 1. The molecule has 2 atom stereocenters. The summed E-state index contributed by atoms with van der Waals surface area (Å²) in [6, 6.07) is 7.77. The number of carbonyl (C=O) groups excluding carboxylic acids is 1. The number of nitrogens with one attached hydrogen (secondary N) is 2. The number of benzene rings is 1. The van der Waals surface area contributed by atoms with Gasteiger partial charge in [0.15, 0.2) is 0 Å². The van der Waals surface area contributed by atoms with E-state index in [1.54, 1.807) is 0 Å². The van der Waals surface area contributed by atoms with Gasteiger partial charge in [0, 0.05) is 50.7 Å². The summed E-state index contributed by atoms with van der Waals surface area (Å²) in [5, 5.41) is 15.8. The molecule has 2 aliphatic heterocycles. The number of hydrogen-bond donors (Lipinski definition) is 3. The van der Waals surface area contributed by atoms with Crippen molar-refractivity contribution < 1.29 is 14.6 Å². The Hall–Kier alpha value is -0.890. The molecule has 8 heteroatoms. The fourth-order valence-corrected chi connectivity index (χ4v) is 3.08. The molecule has 2 heterocycles. The fourth-order valence-electron chi connectivity index (χ4n) is 3.08. The highest BCUT2D eigenvalue weighted by Gasteiger charge is 2.25. The first kappa shape index (κ1) is 22.2. The quantitative estimate of drug-likeness (QED) is 0.687. The number of β-amino-alcohol motifs (C(OH)–C–C–N with tert-alkyl or cyclic N) is 1. The van der Waals surface area contributed by atoms with Gasteiger partial charge in [0.2, 0.25) is 0 Å². The first-order chi connectivity index (χ1) is 11.2. The van der Waals surface area contributed by atoms with Crippen molar-refractivity contribution in [2.45, 2.75) is 12.6 Å². The van der Waals surface area contributed by atoms with Gasteiger partial charge in [0.1, 0.15) is 0 Å². The van der Waals surface area contributed by atoms with Gasteiger partial charge in [-0.05, 0) is 17.7 Å². The van der Waals surface area contributed by atoms with Crippen molar-refractivity contribution in [2.75, 3.05) is 45.9 Å². The first-order valence-corrected chi connectivity index (χ1v) is 8.28. The van der Waals surface area contributed by atoms with Crippen LogP contribution in [0.5, 0.6) is 0 Å². The van der Waals surface area contributed by atoms with E-state index in [1.165, 1.54) is 0 Å². The number of morpholine rings is 1. The lowest BCUT2D eigenvalue weighted by molar-refractivity contribution is 0.0342. The summed E-state index contributed by atoms with van der Waals surface area (Å²) >= 11 is 0. The molecule has 142 valence electrons. The van der Waals surface area contributed by atoms with Crippen LogP contribution in [0.3, 0.4) is 0 Å². The molecule has 0 saturated carbocycles. The van der Waals surface area contributed by atoms with E-state index in [2.05, 4.69) is 21.6 Å². The highest BCUT2D eigenvalue weighted by molar-refractivity contribution is 5.94. The zero-order chi connectivity index (χ0) is 16.1. The summed E-state index contributed by atoms with van der Waals surface area (Å²) in [4.78, 5) is 14.6. The van der Waals surface area contributed by atoms with E-state index < -0.39 is 0 Å². The average Bonchev–Trinajstić information content (AvgIpc) is 2.99. The molecule has 0 spiro atoms. The smallest absolute Gasteiger partial charge is 0.251 e. The Morgan fingerprint density at radius 2 is 2.04 bits per heavy atom. The molecule has 3 rings (SSSR count). The molecule has 6 nitrogen and oxygen atoms in total. The van der Waals surface area contributed by atoms with Crippen LogP contribution in [0.4, 0.5) is 0 Å². The Labute approximate surface area is 161 Å². The summed E-state index contributed by atoms with van der Waals surface area (Å²) in [5.41, 5.74) is 1.82. The predicted octanol–water partition coefficient (Wildman–Crippen LogP) is 0.672. The number of rotatable bonds is 5. The Morgan fingerprint density at radius 1 is 1.28 bits per heavy atom. The standard InChI is InChI=1S/C17H25N3O3.2ClH/c21-16-11-18-9-15(16)10-19-17(22)14-3-1-2-13(8-14)12-20-4-6-23-7-5-20;;/h1-3,8,15-16,18,21H,4-7,9-12H2,(H,19,22);2*1H. The molecule has 0 aromatic heterocycles. The largest absolute Gasteiger partial charge is 0.391 e. The Kier molecular flexibility index (Phi) is 9.71. The summed E-state index contributed by atoms with van der Waals surface area (Å²) in [5.74, 6) is 0.0170. The highest BCUT2D eigenvalue weighted by Crippen LogP contribution is 2.11. The van der Waals surface area contributed by atoms with E-state index in [0.29, 0.717) is 18.7 Å². The maximum absolute atomic E-state index is 12.3. The van der Waals surface area contributed by atoms with E-state index in [0.717, 1.165) is 45.0 Å². The van der Waals surface area contributed by atoms with Gasteiger partial charge in [0.05, 0.1) is 19.3 Å². The zero-order valence-electron chi connectivity index (χ0n) is 14.1. The van der Waals surface area contributed by atoms with Crippen LogP contribution in [0.25, 0.3) is 0 Å². The van der Waals surface area contributed by atoms with Crippen LogP contribution < -0.4 is 10.6 Å². The van der Waals surface area contributed by atoms with E-state index >= 15 is 0 Å². The number of nitrogens with zero attached hydrogens (tertiary/aromatic N) is 1. The number of ether oxygens (including phenoxy) is 1. The van der Waals surface area contributed by atoms with Gasteiger partial charge in [-0.15, -0.1) is 24.8 Å². The molecule has 1 amide bonds. The molecular weight excluding hydrogens is 365 g/mol. The topological polar surface area (TPSA) is 73.8 Å². The van der Waals surface area contributed by atoms with Gasteiger partial charge in [0.25, 0.3) is 5.91 Å². The third kappa shape index (κ3) is 6.40. The van der Waals surface area contributed by atoms with Gasteiger partial charge in [-0.2, -0.15) is 0 Å². The van der Waals surface area contributed by atoms with Crippen molar-refractivity contribution in [2.24, 2.45) is 5.92 Å². The van der Waals surface area contributed by atoms with Gasteiger partial charge in [-0.25, -0.2) is 0 Å². The predicted molar refractivity (Wildman–Crippen MR) is 102 cm³/mol.